The van der Waals surface area contributed by atoms with Crippen molar-refractivity contribution < 1.29 is 9.90 Å². The molecule has 0 aliphatic heterocycles. The zero-order valence-corrected chi connectivity index (χ0v) is 13.5. The molecule has 1 aromatic carbocycles. The number of alkyl halides is 1. The second-order valence-corrected chi connectivity index (χ2v) is 5.93. The molecule has 2 rings (SSSR count). The Kier molecular flexibility index (Phi) is 5.33. The van der Waals surface area contributed by atoms with Crippen LogP contribution in [-0.4, -0.2) is 40.6 Å². The number of rotatable bonds is 5. The first-order valence-electron chi connectivity index (χ1n) is 6.55. The molecule has 0 bridgehead atoms. The second-order valence-electron chi connectivity index (χ2n) is 4.81. The highest BCUT2D eigenvalue weighted by Crippen LogP contribution is 2.25. The highest BCUT2D eigenvalue weighted by Gasteiger charge is 2.17. The summed E-state index contributed by atoms with van der Waals surface area (Å²) in [6, 6.07) is 7.12. The van der Waals surface area contributed by atoms with E-state index < -0.39 is 0 Å². The number of nitrogens with zero attached hydrogens (tertiary/aromatic N) is 2. The van der Waals surface area contributed by atoms with Crippen molar-refractivity contribution in [1.29, 1.82) is 0 Å². The first-order valence-corrected chi connectivity index (χ1v) is 7.97. The van der Waals surface area contributed by atoms with Crippen molar-refractivity contribution in [2.45, 2.75) is 18.8 Å². The van der Waals surface area contributed by atoms with Crippen LogP contribution in [0.2, 0.25) is 0 Å². The molecule has 1 atom stereocenters. The minimum Gasteiger partial charge on any atom is -0.394 e. The molecule has 21 heavy (non-hydrogen) atoms. The Morgan fingerprint density at radius 3 is 2.90 bits per heavy atom. The minimum atomic E-state index is -0.219. The van der Waals surface area contributed by atoms with Gasteiger partial charge < -0.3 is 10.0 Å². The summed E-state index contributed by atoms with van der Waals surface area (Å²) >= 11 is 7.27. The predicted octanol–water partition coefficient (Wildman–Crippen LogP) is 3.00. The second kappa shape index (κ2) is 7.02. The summed E-state index contributed by atoms with van der Waals surface area (Å²) in [5.74, 6) is 0.263. The molecule has 4 nitrogen and oxygen atoms in total. The van der Waals surface area contributed by atoms with Gasteiger partial charge in [-0.15, -0.1) is 22.9 Å². The van der Waals surface area contributed by atoms with E-state index in [4.69, 9.17) is 16.7 Å². The third-order valence-corrected chi connectivity index (χ3v) is 4.50. The number of likely N-dealkylation sites (N-methyl/N-ethyl adjacent to an activating group) is 1. The summed E-state index contributed by atoms with van der Waals surface area (Å²) in [6.07, 6.45) is 0. The average molecular weight is 325 g/mol. The van der Waals surface area contributed by atoms with Crippen LogP contribution >= 0.6 is 22.9 Å². The van der Waals surface area contributed by atoms with Gasteiger partial charge in [0.05, 0.1) is 24.2 Å². The van der Waals surface area contributed by atoms with Crippen molar-refractivity contribution in [3.8, 4) is 10.6 Å². The molecule has 0 spiro atoms. The van der Waals surface area contributed by atoms with E-state index in [-0.39, 0.29) is 18.6 Å². The zero-order chi connectivity index (χ0) is 15.4. The van der Waals surface area contributed by atoms with E-state index in [0.717, 1.165) is 16.3 Å². The van der Waals surface area contributed by atoms with Gasteiger partial charge in [0.25, 0.3) is 5.91 Å². The summed E-state index contributed by atoms with van der Waals surface area (Å²) in [6.45, 7) is 1.74. The number of halogens is 1. The quantitative estimate of drug-likeness (QED) is 0.860. The summed E-state index contributed by atoms with van der Waals surface area (Å²) < 4.78 is 0. The van der Waals surface area contributed by atoms with Gasteiger partial charge in [0.2, 0.25) is 0 Å². The van der Waals surface area contributed by atoms with Crippen LogP contribution < -0.4 is 0 Å². The standard InChI is InChI=1S/C15H17ClN2O2S/c1-10(8-19)18(2)15(20)12-5-3-4-11(6-12)14-17-13(7-16)9-21-14/h3-6,9-10,19H,7-8H2,1-2H3. The smallest absolute Gasteiger partial charge is 0.253 e. The summed E-state index contributed by atoms with van der Waals surface area (Å²) in [7, 11) is 1.69. The maximum atomic E-state index is 12.4. The largest absolute Gasteiger partial charge is 0.394 e. The van der Waals surface area contributed by atoms with Gasteiger partial charge >= 0.3 is 0 Å². The molecular formula is C15H17ClN2O2S. The lowest BCUT2D eigenvalue weighted by molar-refractivity contribution is 0.0682. The van der Waals surface area contributed by atoms with Crippen molar-refractivity contribution in [1.82, 2.24) is 9.88 Å². The van der Waals surface area contributed by atoms with E-state index in [1.165, 1.54) is 16.2 Å². The topological polar surface area (TPSA) is 53.4 Å². The van der Waals surface area contributed by atoms with Crippen LogP contribution in [0.15, 0.2) is 29.6 Å². The van der Waals surface area contributed by atoms with Gasteiger partial charge in [-0.1, -0.05) is 12.1 Å². The number of hydrogen-bond acceptors (Lipinski definition) is 4. The van der Waals surface area contributed by atoms with E-state index in [2.05, 4.69) is 4.98 Å². The first-order chi connectivity index (χ1) is 10.1. The lowest BCUT2D eigenvalue weighted by Gasteiger charge is -2.23. The number of thiazole rings is 1. The molecule has 0 saturated heterocycles. The number of carbonyl (C=O) groups excluding carboxylic acids is 1. The highest BCUT2D eigenvalue weighted by atomic mass is 35.5. The first kappa shape index (κ1) is 15.9. The maximum Gasteiger partial charge on any atom is 0.253 e. The van der Waals surface area contributed by atoms with Crippen molar-refractivity contribution in [2.24, 2.45) is 0 Å². The summed E-state index contributed by atoms with van der Waals surface area (Å²) in [4.78, 5) is 18.3. The summed E-state index contributed by atoms with van der Waals surface area (Å²) in [5.41, 5.74) is 2.31. The Morgan fingerprint density at radius 1 is 1.52 bits per heavy atom. The van der Waals surface area contributed by atoms with Crippen LogP contribution in [0.25, 0.3) is 10.6 Å². The van der Waals surface area contributed by atoms with Gasteiger partial charge in [-0.05, 0) is 19.1 Å². The highest BCUT2D eigenvalue weighted by molar-refractivity contribution is 7.13. The van der Waals surface area contributed by atoms with E-state index in [1.807, 2.05) is 23.6 Å². The SMILES string of the molecule is CC(CO)N(C)C(=O)c1cccc(-c2nc(CCl)cs2)c1. The van der Waals surface area contributed by atoms with E-state index in [9.17, 15) is 4.79 Å². The Morgan fingerprint density at radius 2 is 2.29 bits per heavy atom. The average Bonchev–Trinajstić information content (AvgIpc) is 3.02. The van der Waals surface area contributed by atoms with E-state index in [0.29, 0.717) is 11.4 Å². The molecule has 1 heterocycles. The van der Waals surface area contributed by atoms with Gasteiger partial charge in [-0.3, -0.25) is 4.79 Å². The lowest BCUT2D eigenvalue weighted by atomic mass is 10.1. The zero-order valence-electron chi connectivity index (χ0n) is 11.9. The number of hydrogen-bond donors (Lipinski definition) is 1. The fourth-order valence-electron chi connectivity index (χ4n) is 1.81. The van der Waals surface area contributed by atoms with Crippen LogP contribution in [0, 0.1) is 0 Å². The molecule has 1 unspecified atom stereocenters. The van der Waals surface area contributed by atoms with E-state index in [1.54, 1.807) is 20.0 Å². The molecule has 112 valence electrons. The van der Waals surface area contributed by atoms with Crippen molar-refractivity contribution in [2.75, 3.05) is 13.7 Å². The van der Waals surface area contributed by atoms with E-state index >= 15 is 0 Å². The molecule has 0 fully saturated rings. The van der Waals surface area contributed by atoms with Crippen LogP contribution in [0.5, 0.6) is 0 Å². The Hall–Kier alpha value is -1.43. The fourth-order valence-corrected chi connectivity index (χ4v) is 2.86. The minimum absolute atomic E-state index is 0.0620. The van der Waals surface area contributed by atoms with Gasteiger partial charge in [-0.2, -0.15) is 0 Å². The van der Waals surface area contributed by atoms with Crippen LogP contribution in [-0.2, 0) is 5.88 Å². The maximum absolute atomic E-state index is 12.4. The number of carbonyl (C=O) groups is 1. The fraction of sp³-hybridized carbons (Fsp3) is 0.333. The molecule has 1 amide bonds. The van der Waals surface area contributed by atoms with Gasteiger partial charge in [0.15, 0.2) is 0 Å². The van der Waals surface area contributed by atoms with Crippen LogP contribution in [0.3, 0.4) is 0 Å². The Bertz CT molecular complexity index is 630. The molecule has 0 radical (unpaired) electrons. The Labute approximate surface area is 133 Å². The van der Waals surface area contributed by atoms with Gasteiger partial charge in [0, 0.05) is 23.6 Å². The number of aliphatic hydroxyl groups is 1. The molecule has 6 heteroatoms. The molecular weight excluding hydrogens is 308 g/mol. The lowest BCUT2D eigenvalue weighted by Crippen LogP contribution is -2.37. The Balaban J connectivity index is 2.27. The van der Waals surface area contributed by atoms with Crippen molar-refractivity contribution in [3.05, 3.63) is 40.9 Å². The monoisotopic (exact) mass is 324 g/mol. The molecule has 2 aromatic rings. The molecule has 0 aliphatic carbocycles. The molecule has 1 N–H and O–H groups in total. The molecule has 0 saturated carbocycles. The van der Waals surface area contributed by atoms with Gasteiger partial charge in [0.1, 0.15) is 5.01 Å². The number of aromatic nitrogens is 1. The normalized spacial score (nSPS) is 12.2. The summed E-state index contributed by atoms with van der Waals surface area (Å²) in [5, 5.41) is 11.9. The third kappa shape index (κ3) is 3.61. The predicted molar refractivity (Wildman–Crippen MR) is 85.7 cm³/mol. The van der Waals surface area contributed by atoms with Gasteiger partial charge in [-0.25, -0.2) is 4.98 Å². The van der Waals surface area contributed by atoms with Crippen molar-refractivity contribution >= 4 is 28.8 Å². The molecule has 1 aromatic heterocycles. The van der Waals surface area contributed by atoms with Crippen LogP contribution in [0.1, 0.15) is 23.0 Å². The number of aliphatic hydroxyl groups excluding tert-OH is 1. The van der Waals surface area contributed by atoms with Crippen LogP contribution in [0.4, 0.5) is 0 Å². The number of amides is 1. The third-order valence-electron chi connectivity index (χ3n) is 3.29. The number of benzene rings is 1. The molecule has 0 aliphatic rings. The van der Waals surface area contributed by atoms with Crippen molar-refractivity contribution in [3.63, 3.8) is 0 Å².